The smallest absolute Gasteiger partial charge is 0.123 e. The first-order valence-electron chi connectivity index (χ1n) is 5.17. The summed E-state index contributed by atoms with van der Waals surface area (Å²) in [5.41, 5.74) is 1.32. The molecule has 2 heteroatoms. The lowest BCUT2D eigenvalue weighted by atomic mass is 9.78. The van der Waals surface area contributed by atoms with E-state index >= 15 is 0 Å². The van der Waals surface area contributed by atoms with Gasteiger partial charge in [-0.05, 0) is 43.9 Å². The van der Waals surface area contributed by atoms with Crippen LogP contribution in [0.2, 0.25) is 0 Å². The first-order valence-corrected chi connectivity index (χ1v) is 5.17. The van der Waals surface area contributed by atoms with Gasteiger partial charge in [0, 0.05) is 12.1 Å². The molecule has 0 aromatic heterocycles. The Balaban J connectivity index is 1.91. The van der Waals surface area contributed by atoms with E-state index in [9.17, 15) is 4.39 Å². The third-order valence-corrected chi connectivity index (χ3v) is 3.07. The highest BCUT2D eigenvalue weighted by Gasteiger charge is 2.30. The summed E-state index contributed by atoms with van der Waals surface area (Å²) in [6.45, 7) is 3.00. The summed E-state index contributed by atoms with van der Waals surface area (Å²) in [4.78, 5) is 0. The highest BCUT2D eigenvalue weighted by atomic mass is 19.1. The van der Waals surface area contributed by atoms with Gasteiger partial charge in [-0.15, -0.1) is 0 Å². The molecule has 0 unspecified atom stereocenters. The molecule has 1 fully saturated rings. The van der Waals surface area contributed by atoms with Gasteiger partial charge in [0.05, 0.1) is 0 Å². The first-order chi connectivity index (χ1) is 6.68. The van der Waals surface area contributed by atoms with Crippen LogP contribution >= 0.6 is 0 Å². The summed E-state index contributed by atoms with van der Waals surface area (Å²) in [6, 6.07) is 6.79. The highest BCUT2D eigenvalue weighted by Crippen LogP contribution is 2.31. The summed E-state index contributed by atoms with van der Waals surface area (Å²) in [5.74, 6) is -0.150. The molecule has 0 saturated heterocycles. The van der Waals surface area contributed by atoms with Gasteiger partial charge in [-0.3, -0.25) is 0 Å². The number of hydrogen-bond acceptors (Lipinski definition) is 1. The van der Waals surface area contributed by atoms with E-state index in [0.717, 1.165) is 12.1 Å². The molecule has 0 heterocycles. The molecule has 1 aliphatic carbocycles. The van der Waals surface area contributed by atoms with Gasteiger partial charge in [-0.25, -0.2) is 4.39 Å². The normalized spacial score (nSPS) is 19.0. The van der Waals surface area contributed by atoms with Gasteiger partial charge in [0.2, 0.25) is 0 Å². The molecule has 1 aromatic carbocycles. The summed E-state index contributed by atoms with van der Waals surface area (Å²) >= 11 is 0. The molecular formula is C12H16FN. The summed E-state index contributed by atoms with van der Waals surface area (Å²) in [7, 11) is 0. The Morgan fingerprint density at radius 3 is 2.79 bits per heavy atom. The predicted molar refractivity (Wildman–Crippen MR) is 55.5 cm³/mol. The van der Waals surface area contributed by atoms with Crippen LogP contribution in [0.3, 0.4) is 0 Å². The lowest BCUT2D eigenvalue weighted by molar-refractivity contribution is 0.207. The molecule has 1 aliphatic rings. The number of benzene rings is 1. The lowest BCUT2D eigenvalue weighted by Gasteiger charge is -2.39. The van der Waals surface area contributed by atoms with E-state index in [2.05, 4.69) is 12.2 Å². The van der Waals surface area contributed by atoms with Crippen LogP contribution in [0.5, 0.6) is 0 Å². The largest absolute Gasteiger partial charge is 0.307 e. The fraction of sp³-hybridized carbons (Fsp3) is 0.500. The quantitative estimate of drug-likeness (QED) is 0.778. The summed E-state index contributed by atoms with van der Waals surface area (Å²) in [6.07, 6.45) is 3.79. The van der Waals surface area contributed by atoms with Crippen molar-refractivity contribution in [1.82, 2.24) is 5.32 Å². The summed E-state index contributed by atoms with van der Waals surface area (Å²) < 4.78 is 12.9. The zero-order valence-electron chi connectivity index (χ0n) is 8.52. The minimum absolute atomic E-state index is 0.150. The van der Waals surface area contributed by atoms with Gasteiger partial charge in [-0.1, -0.05) is 12.1 Å². The second kappa shape index (κ2) is 3.70. The van der Waals surface area contributed by atoms with Crippen LogP contribution in [0.4, 0.5) is 4.39 Å². The van der Waals surface area contributed by atoms with Gasteiger partial charge in [0.25, 0.3) is 0 Å². The Hall–Kier alpha value is -0.890. The lowest BCUT2D eigenvalue weighted by Crippen LogP contribution is -2.47. The number of halogens is 1. The third kappa shape index (κ3) is 2.13. The Morgan fingerprint density at radius 1 is 1.43 bits per heavy atom. The molecule has 0 bridgehead atoms. The second-order valence-electron chi connectivity index (χ2n) is 4.40. The molecule has 1 nitrogen and oxygen atoms in total. The van der Waals surface area contributed by atoms with Crippen molar-refractivity contribution in [2.24, 2.45) is 0 Å². The predicted octanol–water partition coefficient (Wildman–Crippen LogP) is 2.86. The molecule has 2 rings (SSSR count). The molecule has 0 spiro atoms. The molecule has 0 aliphatic heterocycles. The van der Waals surface area contributed by atoms with Crippen molar-refractivity contribution in [1.29, 1.82) is 0 Å². The van der Waals surface area contributed by atoms with Gasteiger partial charge < -0.3 is 5.32 Å². The van der Waals surface area contributed by atoms with Crippen molar-refractivity contribution in [3.05, 3.63) is 35.6 Å². The molecule has 0 radical (unpaired) electrons. The average Bonchev–Trinajstić information content (AvgIpc) is 2.12. The van der Waals surface area contributed by atoms with Crippen LogP contribution < -0.4 is 5.32 Å². The maximum Gasteiger partial charge on any atom is 0.123 e. The fourth-order valence-electron chi connectivity index (χ4n) is 1.85. The zero-order chi connectivity index (χ0) is 10.0. The number of nitrogens with one attached hydrogen (secondary N) is 1. The van der Waals surface area contributed by atoms with Crippen LogP contribution in [0.15, 0.2) is 24.3 Å². The van der Waals surface area contributed by atoms with E-state index in [4.69, 9.17) is 0 Å². The van der Waals surface area contributed by atoms with E-state index in [1.54, 1.807) is 12.1 Å². The first kappa shape index (κ1) is 9.66. The van der Waals surface area contributed by atoms with Crippen molar-refractivity contribution < 1.29 is 4.39 Å². The van der Waals surface area contributed by atoms with Crippen molar-refractivity contribution in [2.45, 2.75) is 38.3 Å². The standard InChI is InChI=1S/C12H16FN/c1-12(6-3-7-12)14-9-10-4-2-5-11(13)8-10/h2,4-5,8,14H,3,6-7,9H2,1H3. The molecule has 76 valence electrons. The topological polar surface area (TPSA) is 12.0 Å². The Kier molecular flexibility index (Phi) is 2.55. The van der Waals surface area contributed by atoms with Gasteiger partial charge in [-0.2, -0.15) is 0 Å². The van der Waals surface area contributed by atoms with Crippen LogP contribution in [-0.2, 0) is 6.54 Å². The zero-order valence-corrected chi connectivity index (χ0v) is 8.52. The van der Waals surface area contributed by atoms with Crippen LogP contribution in [0.25, 0.3) is 0 Å². The van der Waals surface area contributed by atoms with Crippen LogP contribution in [0, 0.1) is 5.82 Å². The third-order valence-electron chi connectivity index (χ3n) is 3.07. The van der Waals surface area contributed by atoms with Crippen molar-refractivity contribution in [3.8, 4) is 0 Å². The van der Waals surface area contributed by atoms with E-state index < -0.39 is 0 Å². The maximum absolute atomic E-state index is 12.9. The molecule has 0 atom stereocenters. The van der Waals surface area contributed by atoms with Gasteiger partial charge in [0.1, 0.15) is 5.82 Å². The molecule has 1 aromatic rings. The second-order valence-corrected chi connectivity index (χ2v) is 4.40. The van der Waals surface area contributed by atoms with Crippen molar-refractivity contribution >= 4 is 0 Å². The Morgan fingerprint density at radius 2 is 2.21 bits per heavy atom. The minimum atomic E-state index is -0.150. The van der Waals surface area contributed by atoms with E-state index in [0.29, 0.717) is 5.54 Å². The Bertz CT molecular complexity index is 318. The number of rotatable bonds is 3. The molecule has 0 amide bonds. The van der Waals surface area contributed by atoms with Gasteiger partial charge >= 0.3 is 0 Å². The molecule has 1 N–H and O–H groups in total. The van der Waals surface area contributed by atoms with E-state index in [1.165, 1.54) is 25.3 Å². The number of hydrogen-bond donors (Lipinski definition) is 1. The fourth-order valence-corrected chi connectivity index (χ4v) is 1.85. The molecular weight excluding hydrogens is 177 g/mol. The van der Waals surface area contributed by atoms with Gasteiger partial charge in [0.15, 0.2) is 0 Å². The monoisotopic (exact) mass is 193 g/mol. The van der Waals surface area contributed by atoms with Crippen molar-refractivity contribution in [2.75, 3.05) is 0 Å². The van der Waals surface area contributed by atoms with Crippen molar-refractivity contribution in [3.63, 3.8) is 0 Å². The molecule has 1 saturated carbocycles. The maximum atomic E-state index is 12.9. The average molecular weight is 193 g/mol. The van der Waals surface area contributed by atoms with E-state index in [-0.39, 0.29) is 5.82 Å². The molecule has 14 heavy (non-hydrogen) atoms. The summed E-state index contributed by atoms with van der Waals surface area (Å²) in [5, 5.41) is 3.47. The highest BCUT2D eigenvalue weighted by molar-refractivity contribution is 5.16. The SMILES string of the molecule is CC1(NCc2cccc(F)c2)CCC1. The Labute approximate surface area is 84.3 Å². The van der Waals surface area contributed by atoms with Crippen LogP contribution in [-0.4, -0.2) is 5.54 Å². The van der Waals surface area contributed by atoms with Crippen LogP contribution in [0.1, 0.15) is 31.7 Å². The van der Waals surface area contributed by atoms with E-state index in [1.807, 2.05) is 6.07 Å². The minimum Gasteiger partial charge on any atom is -0.307 e.